The predicted octanol–water partition coefficient (Wildman–Crippen LogP) is 1.50. The normalized spacial score (nSPS) is 12.2. The van der Waals surface area contributed by atoms with Gasteiger partial charge >= 0.3 is 6.18 Å². The van der Waals surface area contributed by atoms with Gasteiger partial charge < -0.3 is 10.4 Å². The summed E-state index contributed by atoms with van der Waals surface area (Å²) in [5, 5.41) is 10.8. The average Bonchev–Trinajstić information content (AvgIpc) is 2.34. The molecule has 1 unspecified atom stereocenters. The summed E-state index contributed by atoms with van der Waals surface area (Å²) in [4.78, 5) is 15.5. The molecule has 1 rings (SSSR count). The summed E-state index contributed by atoms with van der Waals surface area (Å²) < 4.78 is 36.5. The average molecular weight is 286 g/mol. The van der Waals surface area contributed by atoms with Crippen LogP contribution in [0.1, 0.15) is 29.3 Å². The molecule has 0 bridgehead atoms. The van der Waals surface area contributed by atoms with Crippen molar-refractivity contribution >= 4 is 5.91 Å². The maximum atomic E-state index is 12.2. The number of aliphatic hydroxyl groups is 1. The molecular weight excluding hydrogens is 273 g/mol. The maximum absolute atomic E-state index is 12.2. The molecule has 20 heavy (non-hydrogen) atoms. The molecule has 0 radical (unpaired) electrons. The number of nitrogens with zero attached hydrogens (tertiary/aromatic N) is 1. The van der Waals surface area contributed by atoms with E-state index in [4.69, 9.17) is 5.11 Å². The third kappa shape index (κ3) is 5.71. The lowest BCUT2D eigenvalue weighted by Crippen LogP contribution is -2.36. The number of pyridine rings is 1. The minimum atomic E-state index is -4.33. The Labute approximate surface area is 114 Å². The lowest BCUT2D eigenvalue weighted by Gasteiger charge is -2.15. The molecule has 1 atom stereocenters. The highest BCUT2D eigenvalue weighted by molar-refractivity contribution is 5.94. The fraction of sp³-hybridized carbons (Fsp3) is 0.385. The first-order valence-electron chi connectivity index (χ1n) is 5.74. The van der Waals surface area contributed by atoms with E-state index in [0.29, 0.717) is 5.56 Å². The van der Waals surface area contributed by atoms with Crippen LogP contribution in [0.2, 0.25) is 0 Å². The van der Waals surface area contributed by atoms with Gasteiger partial charge in [-0.05, 0) is 13.0 Å². The molecule has 1 amide bonds. The third-order valence-corrected chi connectivity index (χ3v) is 2.23. The number of aliphatic hydroxyl groups excluding tert-OH is 1. The van der Waals surface area contributed by atoms with Crippen molar-refractivity contribution in [3.8, 4) is 11.8 Å². The predicted molar refractivity (Wildman–Crippen MR) is 65.8 cm³/mol. The number of hydrogen-bond acceptors (Lipinski definition) is 3. The van der Waals surface area contributed by atoms with Gasteiger partial charge in [-0.3, -0.25) is 9.78 Å². The summed E-state index contributed by atoms with van der Waals surface area (Å²) in [6.07, 6.45) is -2.81. The van der Waals surface area contributed by atoms with Gasteiger partial charge in [0.05, 0.1) is 12.0 Å². The third-order valence-electron chi connectivity index (χ3n) is 2.23. The molecule has 0 fully saturated rings. The van der Waals surface area contributed by atoms with E-state index in [1.165, 1.54) is 25.4 Å². The number of alkyl halides is 3. The number of hydrogen-bond donors (Lipinski definition) is 2. The summed E-state index contributed by atoms with van der Waals surface area (Å²) in [7, 11) is 0. The molecule has 0 aliphatic carbocycles. The number of halogens is 3. The largest absolute Gasteiger partial charge is 0.391 e. The fourth-order valence-corrected chi connectivity index (χ4v) is 1.48. The number of carbonyl (C=O) groups excluding carboxylic acids is 1. The Bertz CT molecular complexity index is 532. The van der Waals surface area contributed by atoms with E-state index in [1.54, 1.807) is 0 Å². The number of carbonyl (C=O) groups is 1. The van der Waals surface area contributed by atoms with Crippen molar-refractivity contribution in [3.63, 3.8) is 0 Å². The number of nitrogens with one attached hydrogen (secondary N) is 1. The van der Waals surface area contributed by atoms with Crippen LogP contribution >= 0.6 is 0 Å². The highest BCUT2D eigenvalue weighted by Gasteiger charge is 2.30. The van der Waals surface area contributed by atoms with Gasteiger partial charge in [-0.15, -0.1) is 0 Å². The summed E-state index contributed by atoms with van der Waals surface area (Å²) in [5.41, 5.74) is 0.513. The molecule has 1 aromatic rings. The van der Waals surface area contributed by atoms with E-state index in [-0.39, 0.29) is 12.2 Å². The Morgan fingerprint density at radius 1 is 1.50 bits per heavy atom. The Hall–Kier alpha value is -2.07. The summed E-state index contributed by atoms with van der Waals surface area (Å²) in [6.45, 7) is 0.938. The smallest absolute Gasteiger partial charge is 0.384 e. The van der Waals surface area contributed by atoms with E-state index in [9.17, 15) is 18.0 Å². The Balaban J connectivity index is 2.73. The number of amides is 1. The molecule has 0 aromatic carbocycles. The summed E-state index contributed by atoms with van der Waals surface area (Å²) in [6, 6.07) is 0.361. The molecule has 1 heterocycles. The van der Waals surface area contributed by atoms with Gasteiger partial charge in [-0.1, -0.05) is 11.8 Å². The first kappa shape index (κ1) is 16.0. The molecule has 0 aliphatic heterocycles. The van der Waals surface area contributed by atoms with E-state index in [0.717, 1.165) is 0 Å². The highest BCUT2D eigenvalue weighted by atomic mass is 19.4. The van der Waals surface area contributed by atoms with Crippen molar-refractivity contribution < 1.29 is 23.1 Å². The van der Waals surface area contributed by atoms with Gasteiger partial charge in [-0.2, -0.15) is 13.2 Å². The SMILES string of the molecule is CC(CC(F)(F)F)NC(=O)c1cncc(C#CCO)c1. The van der Waals surface area contributed by atoms with Gasteiger partial charge in [0.15, 0.2) is 0 Å². The fourth-order valence-electron chi connectivity index (χ4n) is 1.48. The zero-order chi connectivity index (χ0) is 15.2. The van der Waals surface area contributed by atoms with Gasteiger partial charge in [0.25, 0.3) is 5.91 Å². The second-order valence-corrected chi connectivity index (χ2v) is 4.12. The van der Waals surface area contributed by atoms with Crippen LogP contribution in [0.15, 0.2) is 18.5 Å². The standard InChI is InChI=1S/C13H13F3N2O2/c1-9(6-13(14,15)16)18-12(20)11-5-10(3-2-4-19)7-17-8-11/h5,7-9,19H,4,6H2,1H3,(H,18,20). The van der Waals surface area contributed by atoms with E-state index in [2.05, 4.69) is 22.1 Å². The van der Waals surface area contributed by atoms with Crippen molar-refractivity contribution in [1.82, 2.24) is 10.3 Å². The maximum Gasteiger partial charge on any atom is 0.391 e. The van der Waals surface area contributed by atoms with Crippen molar-refractivity contribution in [2.75, 3.05) is 6.61 Å². The molecule has 0 saturated heterocycles. The molecule has 4 nitrogen and oxygen atoms in total. The Kier molecular flexibility index (Phi) is 5.53. The first-order chi connectivity index (χ1) is 9.31. The van der Waals surface area contributed by atoms with Crippen LogP contribution in [-0.4, -0.2) is 34.8 Å². The zero-order valence-electron chi connectivity index (χ0n) is 10.7. The molecule has 2 N–H and O–H groups in total. The van der Waals surface area contributed by atoms with E-state index < -0.39 is 24.5 Å². The van der Waals surface area contributed by atoms with Crippen molar-refractivity contribution in [2.45, 2.75) is 25.6 Å². The second-order valence-electron chi connectivity index (χ2n) is 4.12. The molecule has 0 saturated carbocycles. The second kappa shape index (κ2) is 6.91. The van der Waals surface area contributed by atoms with Crippen molar-refractivity contribution in [3.05, 3.63) is 29.6 Å². The topological polar surface area (TPSA) is 62.2 Å². The minimum Gasteiger partial charge on any atom is -0.384 e. The molecule has 7 heteroatoms. The van der Waals surface area contributed by atoms with Gasteiger partial charge in [0.2, 0.25) is 0 Å². The van der Waals surface area contributed by atoms with Gasteiger partial charge in [0.1, 0.15) is 6.61 Å². The summed E-state index contributed by atoms with van der Waals surface area (Å²) >= 11 is 0. The quantitative estimate of drug-likeness (QED) is 0.828. The number of rotatable bonds is 3. The molecular formula is C13H13F3N2O2. The summed E-state index contributed by atoms with van der Waals surface area (Å²) in [5.74, 6) is 4.30. The Morgan fingerprint density at radius 2 is 2.20 bits per heavy atom. The zero-order valence-corrected chi connectivity index (χ0v) is 10.7. The molecule has 1 aromatic heterocycles. The lowest BCUT2D eigenvalue weighted by atomic mass is 10.1. The van der Waals surface area contributed by atoms with Crippen LogP contribution in [0.5, 0.6) is 0 Å². The molecule has 0 aliphatic rings. The van der Waals surface area contributed by atoms with E-state index in [1.807, 2.05) is 0 Å². The van der Waals surface area contributed by atoms with Gasteiger partial charge in [0, 0.05) is 24.0 Å². The van der Waals surface area contributed by atoms with Crippen molar-refractivity contribution in [2.24, 2.45) is 0 Å². The Morgan fingerprint density at radius 3 is 2.80 bits per heavy atom. The number of aromatic nitrogens is 1. The van der Waals surface area contributed by atoms with Crippen LogP contribution in [-0.2, 0) is 0 Å². The van der Waals surface area contributed by atoms with Crippen LogP contribution in [0.4, 0.5) is 13.2 Å². The van der Waals surface area contributed by atoms with Gasteiger partial charge in [-0.25, -0.2) is 0 Å². The van der Waals surface area contributed by atoms with Crippen LogP contribution in [0.3, 0.4) is 0 Å². The lowest BCUT2D eigenvalue weighted by molar-refractivity contribution is -0.138. The van der Waals surface area contributed by atoms with Crippen LogP contribution in [0, 0.1) is 11.8 Å². The van der Waals surface area contributed by atoms with Crippen LogP contribution < -0.4 is 5.32 Å². The van der Waals surface area contributed by atoms with Crippen molar-refractivity contribution in [1.29, 1.82) is 0 Å². The molecule has 108 valence electrons. The van der Waals surface area contributed by atoms with E-state index >= 15 is 0 Å². The molecule has 0 spiro atoms. The monoisotopic (exact) mass is 286 g/mol. The first-order valence-corrected chi connectivity index (χ1v) is 5.74. The minimum absolute atomic E-state index is 0.115. The van der Waals surface area contributed by atoms with Crippen LogP contribution in [0.25, 0.3) is 0 Å². The highest BCUT2D eigenvalue weighted by Crippen LogP contribution is 2.21.